The first-order valence-electron chi connectivity index (χ1n) is 6.42. The van der Waals surface area contributed by atoms with Gasteiger partial charge in [-0.05, 0) is 50.2 Å². The maximum absolute atomic E-state index is 11.9. The van der Waals surface area contributed by atoms with Gasteiger partial charge in [-0.15, -0.1) is 0 Å². The topological polar surface area (TPSA) is 72.4 Å². The van der Waals surface area contributed by atoms with E-state index in [4.69, 9.17) is 4.74 Å². The number of benzene rings is 1. The molecule has 0 bridgehead atoms. The molecule has 6 heteroatoms. The molecule has 6 nitrogen and oxygen atoms in total. The van der Waals surface area contributed by atoms with Crippen LogP contribution < -0.4 is 15.5 Å². The summed E-state index contributed by atoms with van der Waals surface area (Å²) in [4.78, 5) is 23.7. The largest absolute Gasteiger partial charge is 0.497 e. The molecule has 0 unspecified atom stereocenters. The Bertz CT molecular complexity index is 640. The molecule has 1 aromatic carbocycles. The number of carbonyl (C=O) groups excluding carboxylic acids is 2. The normalized spacial score (nSPS) is 10.0. The van der Waals surface area contributed by atoms with E-state index in [2.05, 4.69) is 10.7 Å². The molecule has 0 saturated heterocycles. The highest BCUT2D eigenvalue weighted by Crippen LogP contribution is 2.14. The van der Waals surface area contributed by atoms with Crippen molar-refractivity contribution in [1.82, 2.24) is 4.68 Å². The van der Waals surface area contributed by atoms with Crippen molar-refractivity contribution in [2.75, 3.05) is 17.9 Å². The van der Waals surface area contributed by atoms with Crippen LogP contribution in [-0.2, 0) is 9.59 Å². The predicted molar refractivity (Wildman–Crippen MR) is 79.9 cm³/mol. The van der Waals surface area contributed by atoms with E-state index < -0.39 is 11.8 Å². The molecule has 0 spiro atoms. The maximum Gasteiger partial charge on any atom is 0.328 e. The molecular formula is C15H17N3O3. The highest BCUT2D eigenvalue weighted by Gasteiger charge is 2.15. The van der Waals surface area contributed by atoms with Crippen molar-refractivity contribution in [2.24, 2.45) is 0 Å². The Morgan fingerprint density at radius 3 is 2.05 bits per heavy atom. The van der Waals surface area contributed by atoms with Gasteiger partial charge in [-0.3, -0.25) is 19.7 Å². The van der Waals surface area contributed by atoms with Crippen molar-refractivity contribution >= 4 is 17.5 Å². The lowest BCUT2D eigenvalue weighted by Gasteiger charge is -2.11. The molecule has 0 aliphatic rings. The van der Waals surface area contributed by atoms with Gasteiger partial charge in [-0.2, -0.15) is 0 Å². The summed E-state index contributed by atoms with van der Waals surface area (Å²) >= 11 is 0. The molecule has 110 valence electrons. The fraction of sp³-hybridized carbons (Fsp3) is 0.200. The van der Waals surface area contributed by atoms with Gasteiger partial charge >= 0.3 is 11.8 Å². The zero-order valence-corrected chi connectivity index (χ0v) is 12.1. The minimum Gasteiger partial charge on any atom is -0.497 e. The van der Waals surface area contributed by atoms with E-state index in [0.717, 1.165) is 11.4 Å². The summed E-state index contributed by atoms with van der Waals surface area (Å²) in [7, 11) is 1.56. The molecule has 0 aliphatic heterocycles. The summed E-state index contributed by atoms with van der Waals surface area (Å²) in [6, 6.07) is 10.4. The van der Waals surface area contributed by atoms with Crippen molar-refractivity contribution in [2.45, 2.75) is 13.8 Å². The highest BCUT2D eigenvalue weighted by molar-refractivity contribution is 6.42. The van der Waals surface area contributed by atoms with Gasteiger partial charge in [-0.25, -0.2) is 0 Å². The van der Waals surface area contributed by atoms with Crippen LogP contribution in [0.25, 0.3) is 0 Å². The van der Waals surface area contributed by atoms with E-state index in [-0.39, 0.29) is 0 Å². The first kappa shape index (κ1) is 14.6. The number of anilines is 1. The van der Waals surface area contributed by atoms with E-state index in [1.54, 1.807) is 36.1 Å². The van der Waals surface area contributed by atoms with Gasteiger partial charge in [0, 0.05) is 17.1 Å². The zero-order chi connectivity index (χ0) is 15.4. The van der Waals surface area contributed by atoms with Crippen molar-refractivity contribution in [1.29, 1.82) is 0 Å². The number of hydrogen-bond acceptors (Lipinski definition) is 3. The summed E-state index contributed by atoms with van der Waals surface area (Å²) < 4.78 is 6.59. The zero-order valence-electron chi connectivity index (χ0n) is 12.1. The van der Waals surface area contributed by atoms with Crippen LogP contribution in [0.15, 0.2) is 36.4 Å². The number of nitrogens with one attached hydrogen (secondary N) is 2. The monoisotopic (exact) mass is 287 g/mol. The molecule has 1 aromatic heterocycles. The molecule has 0 aliphatic carbocycles. The third-order valence-electron chi connectivity index (χ3n) is 3.04. The summed E-state index contributed by atoms with van der Waals surface area (Å²) in [5.74, 6) is -0.781. The van der Waals surface area contributed by atoms with E-state index in [9.17, 15) is 9.59 Å². The van der Waals surface area contributed by atoms with Crippen LogP contribution >= 0.6 is 0 Å². The number of methoxy groups -OCH3 is 1. The Hall–Kier alpha value is -2.76. The summed E-state index contributed by atoms with van der Waals surface area (Å²) in [5.41, 5.74) is 4.76. The van der Waals surface area contributed by atoms with E-state index >= 15 is 0 Å². The summed E-state index contributed by atoms with van der Waals surface area (Å²) in [6.45, 7) is 3.68. The minimum absolute atomic E-state index is 0.525. The number of ether oxygens (including phenoxy) is 1. The predicted octanol–water partition coefficient (Wildman–Crippen LogP) is 1.82. The van der Waals surface area contributed by atoms with Gasteiger partial charge in [0.2, 0.25) is 0 Å². The van der Waals surface area contributed by atoms with Crippen LogP contribution in [0.3, 0.4) is 0 Å². The van der Waals surface area contributed by atoms with Crippen LogP contribution in [0.5, 0.6) is 5.75 Å². The van der Waals surface area contributed by atoms with E-state index in [1.165, 1.54) is 0 Å². The van der Waals surface area contributed by atoms with Crippen LogP contribution in [0.4, 0.5) is 5.69 Å². The number of amides is 2. The molecule has 2 aromatic rings. The smallest absolute Gasteiger partial charge is 0.328 e. The molecule has 1 heterocycles. The second kappa shape index (κ2) is 6.13. The standard InChI is InChI=1S/C15H17N3O3/c1-10-4-5-11(2)18(10)17-15(20)14(19)16-12-6-8-13(21-3)9-7-12/h4-9H,1-3H3,(H,16,19)(H,17,20). The Morgan fingerprint density at radius 2 is 1.52 bits per heavy atom. The number of nitrogens with zero attached hydrogens (tertiary/aromatic N) is 1. The fourth-order valence-electron chi connectivity index (χ4n) is 1.86. The first-order chi connectivity index (χ1) is 10.0. The van der Waals surface area contributed by atoms with Crippen molar-refractivity contribution < 1.29 is 14.3 Å². The van der Waals surface area contributed by atoms with Crippen LogP contribution in [0.2, 0.25) is 0 Å². The lowest BCUT2D eigenvalue weighted by Crippen LogP contribution is -2.35. The van der Waals surface area contributed by atoms with Gasteiger partial charge in [-0.1, -0.05) is 0 Å². The van der Waals surface area contributed by atoms with E-state index in [0.29, 0.717) is 11.4 Å². The summed E-state index contributed by atoms with van der Waals surface area (Å²) in [6.07, 6.45) is 0. The molecule has 0 radical (unpaired) electrons. The SMILES string of the molecule is COc1ccc(NC(=O)C(=O)Nn2c(C)ccc2C)cc1. The maximum atomic E-state index is 11.9. The van der Waals surface area contributed by atoms with Gasteiger partial charge in [0.1, 0.15) is 5.75 Å². The van der Waals surface area contributed by atoms with Gasteiger partial charge in [0.25, 0.3) is 0 Å². The van der Waals surface area contributed by atoms with Gasteiger partial charge < -0.3 is 10.1 Å². The van der Waals surface area contributed by atoms with Crippen LogP contribution in [0.1, 0.15) is 11.4 Å². The highest BCUT2D eigenvalue weighted by atomic mass is 16.5. The third-order valence-corrected chi connectivity index (χ3v) is 3.04. The van der Waals surface area contributed by atoms with Crippen LogP contribution in [-0.4, -0.2) is 23.6 Å². The molecule has 0 atom stereocenters. The van der Waals surface area contributed by atoms with Crippen molar-refractivity contribution in [3.05, 3.63) is 47.8 Å². The lowest BCUT2D eigenvalue weighted by molar-refractivity contribution is -0.133. The summed E-state index contributed by atoms with van der Waals surface area (Å²) in [5, 5.41) is 2.52. The number of carbonyl (C=O) groups is 2. The van der Waals surface area contributed by atoms with Crippen molar-refractivity contribution in [3.8, 4) is 5.75 Å². The molecule has 0 saturated carbocycles. The molecule has 2 rings (SSSR count). The Labute approximate surface area is 122 Å². The molecule has 21 heavy (non-hydrogen) atoms. The number of hydrogen-bond donors (Lipinski definition) is 2. The minimum atomic E-state index is -0.729. The van der Waals surface area contributed by atoms with Gasteiger partial charge in [0.05, 0.1) is 7.11 Å². The van der Waals surface area contributed by atoms with E-state index in [1.807, 2.05) is 26.0 Å². The van der Waals surface area contributed by atoms with Crippen LogP contribution in [0, 0.1) is 13.8 Å². The van der Waals surface area contributed by atoms with Gasteiger partial charge in [0.15, 0.2) is 0 Å². The number of aryl methyl sites for hydroxylation is 2. The molecule has 2 amide bonds. The Kier molecular flexibility index (Phi) is 4.27. The first-order valence-corrected chi connectivity index (χ1v) is 6.42. The average molecular weight is 287 g/mol. The molecule has 0 fully saturated rings. The van der Waals surface area contributed by atoms with Crippen molar-refractivity contribution in [3.63, 3.8) is 0 Å². The molecular weight excluding hydrogens is 270 g/mol. The average Bonchev–Trinajstić information content (AvgIpc) is 2.79. The fourth-order valence-corrected chi connectivity index (χ4v) is 1.86. The molecule has 2 N–H and O–H groups in total. The second-order valence-electron chi connectivity index (χ2n) is 4.58. The number of rotatable bonds is 3. The lowest BCUT2D eigenvalue weighted by atomic mass is 10.3. The Morgan fingerprint density at radius 1 is 0.952 bits per heavy atom. The number of aromatic nitrogens is 1. The second-order valence-corrected chi connectivity index (χ2v) is 4.58. The Balaban J connectivity index is 2.01. The third kappa shape index (κ3) is 3.42. The quantitative estimate of drug-likeness (QED) is 0.846.